The number of allylic oxidation sites excluding steroid dienone is 6. The number of methoxy groups -OCH3 is 3. The molecule has 0 aromatic heterocycles. The second-order valence-electron chi connectivity index (χ2n) is 20.0. The van der Waals surface area contributed by atoms with Crippen LogP contribution < -0.4 is 0 Å². The third-order valence-electron chi connectivity index (χ3n) is 14.8. The normalized spacial score (nSPS) is 44.1. The highest BCUT2D eigenvalue weighted by Gasteiger charge is 2.53. The molecule has 1 aliphatic carbocycles. The molecule has 2 N–H and O–H groups in total. The molecule has 1 amide bonds. The zero-order chi connectivity index (χ0) is 61.6. The van der Waals surface area contributed by atoms with Gasteiger partial charge in [-0.2, -0.15) is 0 Å². The lowest BCUT2D eigenvalue weighted by atomic mass is 9.78. The van der Waals surface area contributed by atoms with Gasteiger partial charge in [0.15, 0.2) is 13.2 Å². The molecule has 1 saturated carbocycles. The first-order valence-electron chi connectivity index (χ1n) is 30.0. The van der Waals surface area contributed by atoms with E-state index >= 15 is 0 Å². The van der Waals surface area contributed by atoms with Gasteiger partial charge in [0.2, 0.25) is 5.79 Å². The molecule has 3 heterocycles. The predicted molar refractivity (Wildman–Crippen MR) is 268 cm³/mol. The summed E-state index contributed by atoms with van der Waals surface area (Å²) in [6.07, 6.45) is 0.921. The molecule has 4 aliphatic rings. The van der Waals surface area contributed by atoms with Gasteiger partial charge >= 0.3 is 5.97 Å². The molecule has 396 valence electrons. The van der Waals surface area contributed by atoms with Crippen LogP contribution in [-0.4, -0.2) is 140 Å². The third kappa shape index (κ3) is 15.7. The first-order chi connectivity index (χ1) is 37.1. The first-order valence-corrected chi connectivity index (χ1v) is 26.6. The van der Waals surface area contributed by atoms with Crippen LogP contribution >= 0.6 is 7.37 Å². The number of Topliss-reactive ketones (excluding diaryl/α,β-unsaturated/α-hetero) is 3. The summed E-state index contributed by atoms with van der Waals surface area (Å²) in [7, 11) is -4.49. The number of ether oxygens (including phenoxy) is 5. The van der Waals surface area contributed by atoms with Crippen LogP contribution in [0.3, 0.4) is 0 Å². The fourth-order valence-corrected chi connectivity index (χ4v) is 10.8. The Bertz CT molecular complexity index is 2410. The van der Waals surface area contributed by atoms with Crippen LogP contribution in [0.1, 0.15) is 141 Å². The van der Waals surface area contributed by atoms with Gasteiger partial charge in [-0.1, -0.05) is 77.9 Å². The monoisotopic (exact) mass is 1010 g/mol. The molecule has 70 heavy (non-hydrogen) atoms. The van der Waals surface area contributed by atoms with Crippen molar-refractivity contribution in [2.24, 2.45) is 41.4 Å². The maximum absolute atomic E-state index is 14.7. The zero-order valence-electron chi connectivity index (χ0n) is 53.6. The largest absolute Gasteiger partial charge is 0.460 e. The van der Waals surface area contributed by atoms with Gasteiger partial charge in [-0.3, -0.25) is 23.7 Å². The van der Waals surface area contributed by atoms with Crippen LogP contribution in [-0.2, 0) is 56.7 Å². The quantitative estimate of drug-likeness (QED) is 0.103. The van der Waals surface area contributed by atoms with Crippen molar-refractivity contribution < 1.29 is 82.0 Å². The summed E-state index contributed by atoms with van der Waals surface area (Å²) in [4.78, 5) is 73.4. The molecule has 2 saturated heterocycles. The Morgan fingerprint density at radius 2 is 1.69 bits per heavy atom. The van der Waals surface area contributed by atoms with E-state index in [2.05, 4.69) is 0 Å². The molecular weight excluding hydrogens is 918 g/mol. The van der Waals surface area contributed by atoms with Crippen molar-refractivity contribution in [3.8, 4) is 0 Å². The number of fused-ring (bicyclic) bond motifs is 3. The molecule has 15 nitrogen and oxygen atoms in total. The number of rotatable bonds is 8. The number of aliphatic hydroxyl groups excluding tert-OH is 1. The second-order valence-corrected chi connectivity index (χ2v) is 21.9. The van der Waals surface area contributed by atoms with Crippen LogP contribution in [0, 0.1) is 41.4 Å². The minimum Gasteiger partial charge on any atom is -0.460 e. The second kappa shape index (κ2) is 26.7. The molecule has 0 aromatic carbocycles. The van der Waals surface area contributed by atoms with Gasteiger partial charge in [-0.25, -0.2) is 4.79 Å². The summed E-state index contributed by atoms with van der Waals surface area (Å²) in [6.45, 7) is 5.17. The van der Waals surface area contributed by atoms with Gasteiger partial charge in [0.1, 0.15) is 30.1 Å². The minimum absolute atomic E-state index is 0.0124. The Morgan fingerprint density at radius 1 is 0.943 bits per heavy atom. The molecule has 3 fully saturated rings. The Hall–Kier alpha value is -3.14. The maximum atomic E-state index is 14.7. The number of cyclic esters (lactones) is 1. The van der Waals surface area contributed by atoms with Crippen molar-refractivity contribution >= 4 is 36.6 Å². The van der Waals surface area contributed by atoms with Crippen molar-refractivity contribution in [1.82, 2.24) is 4.90 Å². The highest BCUT2D eigenvalue weighted by atomic mass is 31.2. The number of hydrogen-bond acceptors (Lipinski definition) is 14. The summed E-state index contributed by atoms with van der Waals surface area (Å²) in [6, 6.07) is -1.43. The average Bonchev–Trinajstić information content (AvgIpc) is 3.52. The van der Waals surface area contributed by atoms with Gasteiger partial charge in [-0.05, 0) is 106 Å². The molecule has 4 rings (SSSR count). The molecule has 2 unspecified atom stereocenters. The van der Waals surface area contributed by atoms with Crippen molar-refractivity contribution in [1.29, 1.82) is 0 Å². The number of hydrogen-bond donors (Lipinski definition) is 2. The molecule has 0 spiro atoms. The Labute approximate surface area is 433 Å². The van der Waals surface area contributed by atoms with E-state index in [-0.39, 0.29) is 63.0 Å². The van der Waals surface area contributed by atoms with Gasteiger partial charge in [0.25, 0.3) is 11.7 Å². The van der Waals surface area contributed by atoms with E-state index < -0.39 is 154 Å². The van der Waals surface area contributed by atoms with Crippen molar-refractivity contribution in [2.75, 3.05) is 41.1 Å². The Morgan fingerprint density at radius 3 is 2.36 bits per heavy atom. The Kier molecular flexibility index (Phi) is 16.9. The van der Waals surface area contributed by atoms with Crippen LogP contribution in [0.15, 0.2) is 47.6 Å². The molecular formula is C54H86NO14P. The summed E-state index contributed by atoms with van der Waals surface area (Å²) in [5.74, 6) is -17.1. The van der Waals surface area contributed by atoms with Crippen molar-refractivity contribution in [2.45, 2.75) is 181 Å². The van der Waals surface area contributed by atoms with E-state index in [0.29, 0.717) is 24.8 Å². The van der Waals surface area contributed by atoms with E-state index in [1.807, 2.05) is 0 Å². The van der Waals surface area contributed by atoms with Crippen LogP contribution in [0.2, 0.25) is 0 Å². The van der Waals surface area contributed by atoms with E-state index in [0.717, 1.165) is 24.8 Å². The van der Waals surface area contributed by atoms with Crippen LogP contribution in [0.5, 0.6) is 0 Å². The molecule has 2 bridgehead atoms. The molecule has 0 aromatic rings. The highest BCUT2D eigenvalue weighted by molar-refractivity contribution is 7.57. The zero-order valence-corrected chi connectivity index (χ0v) is 43.5. The van der Waals surface area contributed by atoms with Crippen molar-refractivity contribution in [3.05, 3.63) is 47.6 Å². The highest BCUT2D eigenvalue weighted by Crippen LogP contribution is 2.45. The van der Waals surface area contributed by atoms with Gasteiger partial charge in [0.05, 0.1) is 28.5 Å². The topological polar surface area (TPSA) is 201 Å². The van der Waals surface area contributed by atoms with E-state index in [4.69, 9.17) is 40.5 Å². The van der Waals surface area contributed by atoms with Gasteiger partial charge in [-0.15, -0.1) is 0 Å². The number of carbonyl (C=O) groups is 5. The molecule has 0 radical (unpaired) electrons. The SMILES string of the molecule is [2H]C([2H])([2H])O[C@H]1C[C@@H]2CC[C@@H](C)[C@@](O)(O2)C(=O)C(=O)N2CCCC[C@H]2C(=O)O[C@H]([C@H](C)C[C@@H]2CC[C@@H](OP(C)(=O)C([2H])([2H])[2H])[C@H](OC)C2)CC(=O)[C@H](C([2H])([2H])[2H])/C=C(\C)[C@@H](O)[C@@H](OC)C(=O)[C@H](C)C([2H])(C)[C@]([2H])(C)/C=C/C=CC=C1C. The number of piperidine rings is 1. The molecule has 3 aliphatic heterocycles. The lowest BCUT2D eigenvalue weighted by molar-refractivity contribution is -0.265. The smallest absolute Gasteiger partial charge is 0.329 e. The van der Waals surface area contributed by atoms with Crippen LogP contribution in [0.4, 0.5) is 0 Å². The third-order valence-corrected chi connectivity index (χ3v) is 15.5. The summed E-state index contributed by atoms with van der Waals surface area (Å²) in [5, 5.41) is 23.8. The molecule has 16 heteroatoms. The predicted octanol–water partition coefficient (Wildman–Crippen LogP) is 7.99. The summed E-state index contributed by atoms with van der Waals surface area (Å²) in [5.41, 5.74) is 0.222. The number of nitrogens with zero attached hydrogens (tertiary/aromatic N) is 1. The lowest BCUT2D eigenvalue weighted by Crippen LogP contribution is -2.61. The standard InChI is InChI=1S/C54H86NO14P/c1-32-19-15-14-16-20-33(2)45(64-9)30-41-24-22-37(6)54(62,68-41)51(59)52(60)55-26-18-17-21-42(55)53(61)67-46(35(4)28-40-23-25-44(47(29-40)65-10)69-70(12,13)63)31-43(56)34(3)27-36(5)48(57)50(66-11)49(58)39(8)38(32)7/h14-16,19-20,27,32,34-35,37-42,44-48,50,57,62H,17-18,21-26,28-31H2,1-13H3/b16-14?,19-15+,33-20?,36-27+/t32-,34-,35-,37-,38?,39-,40+,41+,42+,44-,45+,46+,47-,48-,50-,54-/m1/s1/i3D3,9D3,12D3,32D,38D/t32-,34-,35-,37-,38?,39-,40+,41+,42+,44-,45+,46+,47-,48-,50-,54-,70?. The molecule has 17 atom stereocenters. The van der Waals surface area contributed by atoms with E-state index in [1.165, 1.54) is 66.0 Å². The van der Waals surface area contributed by atoms with Gasteiger partial charge in [0, 0.05) is 82.6 Å². The van der Waals surface area contributed by atoms with Gasteiger partial charge < -0.3 is 43.3 Å². The fourth-order valence-electron chi connectivity index (χ4n) is 9.99. The van der Waals surface area contributed by atoms with Crippen LogP contribution in [0.25, 0.3) is 0 Å². The Balaban J connectivity index is 1.85. The van der Waals surface area contributed by atoms with E-state index in [9.17, 15) is 41.5 Å². The number of carbonyl (C=O) groups excluding carboxylic acids is 5. The minimum atomic E-state index is -4.10. The first kappa shape index (κ1) is 44.4. The lowest BCUT2D eigenvalue weighted by Gasteiger charge is -2.42. The van der Waals surface area contributed by atoms with E-state index in [1.54, 1.807) is 19.9 Å². The van der Waals surface area contributed by atoms with Crippen molar-refractivity contribution in [3.63, 3.8) is 0 Å². The number of esters is 1. The summed E-state index contributed by atoms with van der Waals surface area (Å²) < 4.78 is 139. The average molecular weight is 1020 g/mol. The number of ketones is 3. The summed E-state index contributed by atoms with van der Waals surface area (Å²) >= 11 is 0. The number of amides is 1. The maximum Gasteiger partial charge on any atom is 0.329 e. The fraction of sp³-hybridized carbons (Fsp3) is 0.759. The number of aliphatic hydroxyl groups is 2.